The number of carbonyl (C=O) groups excluding carboxylic acids is 3. The molecule has 2 amide bonds. The van der Waals surface area contributed by atoms with Gasteiger partial charge in [0.1, 0.15) is 6.04 Å². The first-order chi connectivity index (χ1) is 20.1. The Kier molecular flexibility index (Phi) is 8.31. The highest BCUT2D eigenvalue weighted by Gasteiger charge is 2.57. The monoisotopic (exact) mass is 548 g/mol. The van der Waals surface area contributed by atoms with E-state index < -0.39 is 23.9 Å². The van der Waals surface area contributed by atoms with E-state index in [9.17, 15) is 14.4 Å². The molecule has 1 aliphatic heterocycles. The molecule has 1 saturated heterocycles. The van der Waals surface area contributed by atoms with Crippen LogP contribution < -0.4 is 5.32 Å². The molecule has 6 rings (SSSR count). The second-order valence-electron chi connectivity index (χ2n) is 12.2. The predicted molar refractivity (Wildman–Crippen MR) is 160 cm³/mol. The first kappa shape index (κ1) is 27.4. The van der Waals surface area contributed by atoms with E-state index in [0.29, 0.717) is 30.4 Å². The van der Waals surface area contributed by atoms with Crippen LogP contribution in [0.15, 0.2) is 91.0 Å². The number of nitrogens with one attached hydrogen (secondary N) is 1. The number of Topliss-reactive ketones (excluding diaryl/α,β-unsaturated/α-hetero) is 1. The third kappa shape index (κ3) is 6.00. The van der Waals surface area contributed by atoms with Crippen molar-refractivity contribution in [2.75, 3.05) is 6.54 Å². The van der Waals surface area contributed by atoms with E-state index in [1.54, 1.807) is 0 Å². The van der Waals surface area contributed by atoms with E-state index in [2.05, 4.69) is 5.32 Å². The molecule has 212 valence electrons. The number of likely N-dealkylation sites (tertiary alicyclic amines) is 1. The highest BCUT2D eigenvalue weighted by molar-refractivity contribution is 6.02. The lowest BCUT2D eigenvalue weighted by Crippen LogP contribution is -2.49. The van der Waals surface area contributed by atoms with Gasteiger partial charge in [0.2, 0.25) is 11.8 Å². The molecule has 5 heteroatoms. The highest BCUT2D eigenvalue weighted by atomic mass is 16.2. The maximum Gasteiger partial charge on any atom is 0.243 e. The molecule has 4 unspecified atom stereocenters. The van der Waals surface area contributed by atoms with Gasteiger partial charge in [-0.2, -0.15) is 0 Å². The molecule has 41 heavy (non-hydrogen) atoms. The van der Waals surface area contributed by atoms with Gasteiger partial charge < -0.3 is 10.2 Å². The summed E-state index contributed by atoms with van der Waals surface area (Å²) < 4.78 is 0. The Morgan fingerprint density at radius 3 is 1.90 bits per heavy atom. The molecule has 3 aliphatic rings. The van der Waals surface area contributed by atoms with Crippen LogP contribution in [0.25, 0.3) is 0 Å². The molecule has 3 aromatic rings. The maximum absolute atomic E-state index is 14.5. The molecule has 2 saturated carbocycles. The molecule has 0 bridgehead atoms. The Bertz CT molecular complexity index is 1330. The number of hydrogen-bond acceptors (Lipinski definition) is 3. The quantitative estimate of drug-likeness (QED) is 0.286. The van der Waals surface area contributed by atoms with Gasteiger partial charge in [-0.3, -0.25) is 14.4 Å². The molecule has 5 nitrogen and oxygen atoms in total. The van der Waals surface area contributed by atoms with Crippen LogP contribution >= 0.6 is 0 Å². The topological polar surface area (TPSA) is 66.5 Å². The summed E-state index contributed by atoms with van der Waals surface area (Å²) in [5.41, 5.74) is 2.42. The Morgan fingerprint density at radius 1 is 0.707 bits per heavy atom. The van der Waals surface area contributed by atoms with Gasteiger partial charge in [0.15, 0.2) is 5.78 Å². The molecule has 1 heterocycles. The molecule has 3 aromatic carbocycles. The summed E-state index contributed by atoms with van der Waals surface area (Å²) in [6.45, 7) is 0.619. The third-order valence-electron chi connectivity index (χ3n) is 9.41. The molecule has 3 fully saturated rings. The molecule has 0 radical (unpaired) electrons. The van der Waals surface area contributed by atoms with Crippen LogP contribution in [0.3, 0.4) is 0 Å². The number of nitrogens with zero attached hydrogens (tertiary/aromatic N) is 1. The fraction of sp³-hybridized carbons (Fsp3) is 0.417. The standard InChI is InChI=1S/C36H40N2O3/c39-30(23-22-25-12-10-11-13-25)38-33(28-16-6-2-7-17-28)32(35(40)29-18-8-3-9-19-29)31(27-14-4-1-5-15-27)34(38)36(41)37-24-26-20-21-26/h1-9,14-19,25-26,31-34H,10-13,20-24H2,(H,37,41). The lowest BCUT2D eigenvalue weighted by atomic mass is 9.76. The van der Waals surface area contributed by atoms with Crippen molar-refractivity contribution >= 4 is 17.6 Å². The SMILES string of the molecule is O=C(c1ccccc1)C1C(c2ccccc2)C(C(=O)NCC2CC2)N(C(=O)CCC2CCCC2)C1c1ccccc1. The molecule has 4 atom stereocenters. The molecular weight excluding hydrogens is 508 g/mol. The smallest absolute Gasteiger partial charge is 0.243 e. The largest absolute Gasteiger partial charge is 0.354 e. The first-order valence-corrected chi connectivity index (χ1v) is 15.4. The zero-order valence-electron chi connectivity index (χ0n) is 23.7. The van der Waals surface area contributed by atoms with Crippen LogP contribution in [0.4, 0.5) is 0 Å². The lowest BCUT2D eigenvalue weighted by Gasteiger charge is -2.32. The minimum atomic E-state index is -0.768. The van der Waals surface area contributed by atoms with Crippen LogP contribution in [0, 0.1) is 17.8 Å². The molecule has 1 N–H and O–H groups in total. The fourth-order valence-electron chi connectivity index (χ4n) is 7.12. The zero-order chi connectivity index (χ0) is 28.2. The van der Waals surface area contributed by atoms with Crippen molar-refractivity contribution in [2.45, 2.75) is 69.4 Å². The van der Waals surface area contributed by atoms with Crippen molar-refractivity contribution in [3.05, 3.63) is 108 Å². The van der Waals surface area contributed by atoms with Crippen molar-refractivity contribution in [1.82, 2.24) is 10.2 Å². The number of hydrogen-bond donors (Lipinski definition) is 1. The number of carbonyl (C=O) groups is 3. The van der Waals surface area contributed by atoms with Crippen LogP contribution in [-0.4, -0.2) is 35.1 Å². The van der Waals surface area contributed by atoms with E-state index in [1.165, 1.54) is 25.7 Å². The van der Waals surface area contributed by atoms with Crippen molar-refractivity contribution in [3.63, 3.8) is 0 Å². The summed E-state index contributed by atoms with van der Waals surface area (Å²) in [6.07, 6.45) is 8.27. The van der Waals surface area contributed by atoms with Gasteiger partial charge in [0.05, 0.1) is 12.0 Å². The van der Waals surface area contributed by atoms with Crippen molar-refractivity contribution < 1.29 is 14.4 Å². The minimum Gasteiger partial charge on any atom is -0.354 e. The zero-order valence-corrected chi connectivity index (χ0v) is 23.7. The minimum absolute atomic E-state index is 0.0263. The van der Waals surface area contributed by atoms with Crippen LogP contribution in [-0.2, 0) is 9.59 Å². The van der Waals surface area contributed by atoms with E-state index in [4.69, 9.17) is 0 Å². The van der Waals surface area contributed by atoms with Crippen LogP contribution in [0.5, 0.6) is 0 Å². The number of amides is 2. The first-order valence-electron chi connectivity index (χ1n) is 15.4. The second kappa shape index (κ2) is 12.4. The summed E-state index contributed by atoms with van der Waals surface area (Å²) in [7, 11) is 0. The van der Waals surface area contributed by atoms with Crippen LogP contribution in [0.1, 0.15) is 84.8 Å². The number of ketones is 1. The molecule has 2 aliphatic carbocycles. The van der Waals surface area contributed by atoms with Crippen LogP contribution in [0.2, 0.25) is 0 Å². The molecule has 0 spiro atoms. The number of benzene rings is 3. The third-order valence-corrected chi connectivity index (χ3v) is 9.41. The molecule has 0 aromatic heterocycles. The van der Waals surface area contributed by atoms with E-state index in [-0.39, 0.29) is 17.6 Å². The lowest BCUT2D eigenvalue weighted by molar-refractivity contribution is -0.141. The Hall–Kier alpha value is -3.73. The summed E-state index contributed by atoms with van der Waals surface area (Å²) >= 11 is 0. The summed E-state index contributed by atoms with van der Waals surface area (Å²) in [5.74, 6) is -0.206. The Labute approximate surface area is 243 Å². The van der Waals surface area contributed by atoms with Gasteiger partial charge in [-0.1, -0.05) is 117 Å². The van der Waals surface area contributed by atoms with Gasteiger partial charge in [-0.25, -0.2) is 0 Å². The van der Waals surface area contributed by atoms with Gasteiger partial charge in [-0.15, -0.1) is 0 Å². The van der Waals surface area contributed by atoms with E-state index >= 15 is 0 Å². The normalized spacial score (nSPS) is 24.3. The Balaban J connectivity index is 1.47. The van der Waals surface area contributed by atoms with Gasteiger partial charge in [-0.05, 0) is 42.2 Å². The van der Waals surface area contributed by atoms with Gasteiger partial charge in [0, 0.05) is 24.4 Å². The second-order valence-corrected chi connectivity index (χ2v) is 12.2. The average Bonchev–Trinajstić information content (AvgIpc) is 3.57. The van der Waals surface area contributed by atoms with Gasteiger partial charge >= 0.3 is 0 Å². The Morgan fingerprint density at radius 2 is 1.29 bits per heavy atom. The predicted octanol–water partition coefficient (Wildman–Crippen LogP) is 6.72. The fourth-order valence-corrected chi connectivity index (χ4v) is 7.12. The van der Waals surface area contributed by atoms with Crippen molar-refractivity contribution in [2.24, 2.45) is 17.8 Å². The summed E-state index contributed by atoms with van der Waals surface area (Å²) in [6, 6.07) is 27.8. The van der Waals surface area contributed by atoms with E-state index in [0.717, 1.165) is 30.4 Å². The maximum atomic E-state index is 14.5. The van der Waals surface area contributed by atoms with Crippen molar-refractivity contribution in [3.8, 4) is 0 Å². The number of rotatable bonds is 10. The van der Waals surface area contributed by atoms with E-state index in [1.807, 2.05) is 95.9 Å². The highest BCUT2D eigenvalue weighted by Crippen LogP contribution is 2.51. The van der Waals surface area contributed by atoms with Crippen molar-refractivity contribution in [1.29, 1.82) is 0 Å². The van der Waals surface area contributed by atoms with Gasteiger partial charge in [0.25, 0.3) is 0 Å². The summed E-state index contributed by atoms with van der Waals surface area (Å²) in [5, 5.41) is 3.20. The summed E-state index contributed by atoms with van der Waals surface area (Å²) in [4.78, 5) is 44.9. The molecular formula is C36H40N2O3. The average molecular weight is 549 g/mol.